The highest BCUT2D eigenvalue weighted by Crippen LogP contribution is 2.33. The van der Waals surface area contributed by atoms with Crippen molar-refractivity contribution in [1.82, 2.24) is 0 Å². The highest BCUT2D eigenvalue weighted by molar-refractivity contribution is 6.35. The first-order valence-corrected chi connectivity index (χ1v) is 10.3. The summed E-state index contributed by atoms with van der Waals surface area (Å²) in [4.78, 5) is 26.1. The molecule has 1 aliphatic heterocycles. The van der Waals surface area contributed by atoms with Crippen molar-refractivity contribution in [1.29, 1.82) is 0 Å². The number of anilines is 1. The second kappa shape index (κ2) is 8.11. The summed E-state index contributed by atoms with van der Waals surface area (Å²) in [5.74, 6) is 0.347. The van der Waals surface area contributed by atoms with Crippen LogP contribution in [0.25, 0.3) is 0 Å². The van der Waals surface area contributed by atoms with Crippen LogP contribution < -0.4 is 5.01 Å². The fraction of sp³-hybridized carbons (Fsp3) is 0.240. The molecule has 0 N–H and O–H groups in total. The van der Waals surface area contributed by atoms with Gasteiger partial charge in [0, 0.05) is 11.1 Å². The smallest absolute Gasteiger partial charge is 0.281 e. The summed E-state index contributed by atoms with van der Waals surface area (Å²) < 4.78 is 5.58. The molecule has 2 heterocycles. The number of ketones is 1. The van der Waals surface area contributed by atoms with E-state index in [1.165, 1.54) is 10.6 Å². The molecule has 30 heavy (non-hydrogen) atoms. The fourth-order valence-corrected chi connectivity index (χ4v) is 3.72. The van der Waals surface area contributed by atoms with E-state index < -0.39 is 0 Å². The van der Waals surface area contributed by atoms with Gasteiger partial charge in [-0.3, -0.25) is 9.59 Å². The maximum atomic E-state index is 13.5. The van der Waals surface area contributed by atoms with Crippen LogP contribution in [0.15, 0.2) is 86.6 Å². The average molecular weight is 400 g/mol. The minimum Gasteiger partial charge on any atom is -0.463 e. The lowest BCUT2D eigenvalue weighted by molar-refractivity contribution is -0.114. The summed E-state index contributed by atoms with van der Waals surface area (Å²) in [6.07, 6.45) is 7.34. The second-order valence-corrected chi connectivity index (χ2v) is 7.27. The van der Waals surface area contributed by atoms with E-state index in [1.807, 2.05) is 50.3 Å². The highest BCUT2D eigenvalue weighted by Gasteiger charge is 2.36. The van der Waals surface area contributed by atoms with Gasteiger partial charge in [0.25, 0.3) is 5.91 Å². The van der Waals surface area contributed by atoms with E-state index in [0.717, 1.165) is 6.42 Å². The number of Topliss-reactive ketones (excluding diaryl/α,β-unsaturated/α-hetero) is 1. The third kappa shape index (κ3) is 3.36. The second-order valence-electron chi connectivity index (χ2n) is 7.27. The van der Waals surface area contributed by atoms with Crippen molar-refractivity contribution in [2.45, 2.75) is 40.0 Å². The van der Waals surface area contributed by atoms with Crippen LogP contribution in [0.1, 0.15) is 44.9 Å². The summed E-state index contributed by atoms with van der Waals surface area (Å²) in [5, 5.41) is 6.03. The molecule has 152 valence electrons. The number of hydrogen-bond donors (Lipinski definition) is 0. The molecule has 2 aromatic rings. The number of allylic oxidation sites excluding steroid dienone is 5. The van der Waals surface area contributed by atoms with Crippen molar-refractivity contribution in [3.8, 4) is 0 Å². The van der Waals surface area contributed by atoms with Crippen LogP contribution in [0.4, 0.5) is 5.69 Å². The summed E-state index contributed by atoms with van der Waals surface area (Å²) in [5.41, 5.74) is 4.93. The summed E-state index contributed by atoms with van der Waals surface area (Å²) in [6.45, 7) is 5.99. The Bertz CT molecular complexity index is 1090. The van der Waals surface area contributed by atoms with E-state index in [0.29, 0.717) is 52.3 Å². The van der Waals surface area contributed by atoms with Gasteiger partial charge in [-0.05, 0) is 66.8 Å². The van der Waals surface area contributed by atoms with Crippen LogP contribution in [-0.4, -0.2) is 17.4 Å². The Hall–Kier alpha value is -3.47. The lowest BCUT2D eigenvalue weighted by Crippen LogP contribution is -2.23. The molecule has 0 fully saturated rings. The molecule has 0 unspecified atom stereocenters. The van der Waals surface area contributed by atoms with Gasteiger partial charge < -0.3 is 4.42 Å². The third-order valence-electron chi connectivity index (χ3n) is 5.48. The molecule has 0 saturated heterocycles. The van der Waals surface area contributed by atoms with Crippen molar-refractivity contribution >= 4 is 23.1 Å². The van der Waals surface area contributed by atoms with Crippen molar-refractivity contribution < 1.29 is 14.0 Å². The zero-order valence-electron chi connectivity index (χ0n) is 17.4. The van der Waals surface area contributed by atoms with Crippen molar-refractivity contribution in [3.05, 3.63) is 88.4 Å². The number of hydrogen-bond acceptors (Lipinski definition) is 4. The Balaban J connectivity index is 1.88. The van der Waals surface area contributed by atoms with Gasteiger partial charge in [0.2, 0.25) is 0 Å². The number of amides is 1. The minimum absolute atomic E-state index is 0.0540. The van der Waals surface area contributed by atoms with Gasteiger partial charge in [0.1, 0.15) is 5.71 Å². The molecule has 1 aromatic heterocycles. The van der Waals surface area contributed by atoms with Crippen LogP contribution in [0.3, 0.4) is 0 Å². The number of benzene rings is 1. The number of furan rings is 1. The maximum Gasteiger partial charge on any atom is 0.281 e. The summed E-state index contributed by atoms with van der Waals surface area (Å²) in [7, 11) is 0. The molecular formula is C25H24N2O3. The molecule has 4 rings (SSSR count). The van der Waals surface area contributed by atoms with Gasteiger partial charge in [0.15, 0.2) is 11.5 Å². The van der Waals surface area contributed by atoms with E-state index in [9.17, 15) is 9.59 Å². The fourth-order valence-electron chi connectivity index (χ4n) is 3.72. The minimum atomic E-state index is -0.228. The van der Waals surface area contributed by atoms with Gasteiger partial charge in [0.05, 0.1) is 17.5 Å². The lowest BCUT2D eigenvalue weighted by atomic mass is 9.87. The van der Waals surface area contributed by atoms with E-state index >= 15 is 0 Å². The molecule has 2 aliphatic rings. The van der Waals surface area contributed by atoms with E-state index in [4.69, 9.17) is 4.42 Å². The SMILES string of the molecule is CCC1=CC(=C2C(=O)N(c3ccc(CC)cc3)N=C2c2ccco2)C=C(CC)C1=O. The van der Waals surface area contributed by atoms with Crippen molar-refractivity contribution in [3.63, 3.8) is 0 Å². The van der Waals surface area contributed by atoms with Crippen LogP contribution >= 0.6 is 0 Å². The Morgan fingerprint density at radius 1 is 0.900 bits per heavy atom. The molecule has 1 amide bonds. The van der Waals surface area contributed by atoms with E-state index in [1.54, 1.807) is 18.4 Å². The molecule has 0 saturated carbocycles. The number of rotatable bonds is 5. The average Bonchev–Trinajstić information content (AvgIpc) is 3.42. The molecular weight excluding hydrogens is 376 g/mol. The summed E-state index contributed by atoms with van der Waals surface area (Å²) in [6, 6.07) is 11.4. The third-order valence-corrected chi connectivity index (χ3v) is 5.48. The molecule has 5 heteroatoms. The topological polar surface area (TPSA) is 62.9 Å². The van der Waals surface area contributed by atoms with Crippen LogP contribution in [-0.2, 0) is 16.0 Å². The normalized spacial score (nSPS) is 16.8. The zero-order valence-corrected chi connectivity index (χ0v) is 17.4. The largest absolute Gasteiger partial charge is 0.463 e. The van der Waals surface area contributed by atoms with Crippen LogP contribution in [0.2, 0.25) is 0 Å². The molecule has 0 radical (unpaired) electrons. The van der Waals surface area contributed by atoms with Crippen molar-refractivity contribution in [2.24, 2.45) is 5.10 Å². The molecule has 0 bridgehead atoms. The molecule has 1 aromatic carbocycles. The molecule has 5 nitrogen and oxygen atoms in total. The molecule has 0 atom stereocenters. The van der Waals surface area contributed by atoms with E-state index in [-0.39, 0.29) is 11.7 Å². The number of carbonyl (C=O) groups excluding carboxylic acids is 2. The van der Waals surface area contributed by atoms with Crippen molar-refractivity contribution in [2.75, 3.05) is 5.01 Å². The Morgan fingerprint density at radius 2 is 1.57 bits per heavy atom. The Kier molecular flexibility index (Phi) is 5.36. The number of nitrogens with zero attached hydrogens (tertiary/aromatic N) is 2. The lowest BCUT2D eigenvalue weighted by Gasteiger charge is -2.16. The first kappa shape index (κ1) is 19.8. The van der Waals surface area contributed by atoms with Gasteiger partial charge in [-0.1, -0.05) is 32.9 Å². The quantitative estimate of drug-likeness (QED) is 0.653. The predicted octanol–water partition coefficient (Wildman–Crippen LogP) is 5.15. The van der Waals surface area contributed by atoms with Gasteiger partial charge >= 0.3 is 0 Å². The number of hydrazone groups is 1. The maximum absolute atomic E-state index is 13.5. The number of carbonyl (C=O) groups is 2. The first-order valence-electron chi connectivity index (χ1n) is 10.3. The Morgan fingerprint density at radius 3 is 2.10 bits per heavy atom. The predicted molar refractivity (Wildman–Crippen MR) is 117 cm³/mol. The van der Waals surface area contributed by atoms with E-state index in [2.05, 4.69) is 12.0 Å². The standard InChI is InChI=1S/C25H24N2O3/c1-4-16-9-11-20(12-10-16)27-25(29)22(23(26-27)21-8-7-13-30-21)19-14-17(5-2)24(28)18(6-3)15-19/h7-15H,4-6H2,1-3H3. The van der Waals surface area contributed by atoms with Gasteiger partial charge in [-0.2, -0.15) is 10.1 Å². The highest BCUT2D eigenvalue weighted by atomic mass is 16.3. The summed E-state index contributed by atoms with van der Waals surface area (Å²) >= 11 is 0. The van der Waals surface area contributed by atoms with Gasteiger partial charge in [-0.25, -0.2) is 0 Å². The Labute approximate surface area is 176 Å². The number of aryl methyl sites for hydroxylation is 1. The molecule has 0 spiro atoms. The molecule has 1 aliphatic carbocycles. The zero-order chi connectivity index (χ0) is 21.3. The van der Waals surface area contributed by atoms with Gasteiger partial charge in [-0.15, -0.1) is 0 Å². The van der Waals surface area contributed by atoms with Crippen LogP contribution in [0.5, 0.6) is 0 Å². The first-order chi connectivity index (χ1) is 14.6. The van der Waals surface area contributed by atoms with Crippen LogP contribution in [0, 0.1) is 0 Å². The monoisotopic (exact) mass is 400 g/mol.